The number of anilines is 1. The highest BCUT2D eigenvalue weighted by molar-refractivity contribution is 7.90. The highest BCUT2D eigenvalue weighted by Crippen LogP contribution is 2.39. The number of nitriles is 1. The van der Waals surface area contributed by atoms with Crippen LogP contribution >= 0.6 is 0 Å². The molecule has 2 heterocycles. The normalized spacial score (nSPS) is 16.3. The Bertz CT molecular complexity index is 1830. The van der Waals surface area contributed by atoms with Gasteiger partial charge in [0, 0.05) is 16.8 Å². The van der Waals surface area contributed by atoms with E-state index in [-0.39, 0.29) is 33.9 Å². The lowest BCUT2D eigenvalue weighted by atomic mass is 9.89. The SMILES string of the molecule is CC1=C(c2c(S(=O)(=O)NC(=O)C(C)(C)C)cnn2-c2ccc(C#N)cc2)C(=O)C(C)C(=O)N1c1cccc(C(F)(F)F)c1. The molecular formula is C29H26F3N5O5S. The van der Waals surface area contributed by atoms with Gasteiger partial charge in [-0.15, -0.1) is 0 Å². The topological polar surface area (TPSA) is 142 Å². The van der Waals surface area contributed by atoms with E-state index in [1.165, 1.54) is 65.0 Å². The molecule has 2 aromatic carbocycles. The van der Waals surface area contributed by atoms with E-state index in [1.807, 2.05) is 10.8 Å². The highest BCUT2D eigenvalue weighted by Gasteiger charge is 2.43. The maximum absolute atomic E-state index is 13.7. The van der Waals surface area contributed by atoms with Gasteiger partial charge in [0.25, 0.3) is 10.0 Å². The first kappa shape index (κ1) is 31.2. The van der Waals surface area contributed by atoms with Crippen LogP contribution < -0.4 is 9.62 Å². The number of nitrogens with zero attached hydrogens (tertiary/aromatic N) is 4. The summed E-state index contributed by atoms with van der Waals surface area (Å²) >= 11 is 0. The fraction of sp³-hybridized carbons (Fsp3) is 0.276. The van der Waals surface area contributed by atoms with Gasteiger partial charge in [-0.2, -0.15) is 23.5 Å². The Hall–Kier alpha value is -4.77. The lowest BCUT2D eigenvalue weighted by Gasteiger charge is -2.33. The number of hydrogen-bond donors (Lipinski definition) is 1. The number of carbonyl (C=O) groups excluding carboxylic acids is 3. The first-order valence-corrected chi connectivity index (χ1v) is 14.3. The number of benzene rings is 2. The largest absolute Gasteiger partial charge is 0.416 e. The summed E-state index contributed by atoms with van der Waals surface area (Å²) in [4.78, 5) is 40.1. The Balaban J connectivity index is 2.04. The summed E-state index contributed by atoms with van der Waals surface area (Å²) in [6.45, 7) is 7.05. The summed E-state index contributed by atoms with van der Waals surface area (Å²) in [5, 5.41) is 13.4. The summed E-state index contributed by atoms with van der Waals surface area (Å²) in [6.07, 6.45) is -3.80. The molecule has 3 aromatic rings. The highest BCUT2D eigenvalue weighted by atomic mass is 32.2. The van der Waals surface area contributed by atoms with Gasteiger partial charge in [0.05, 0.1) is 40.6 Å². The summed E-state index contributed by atoms with van der Waals surface area (Å²) in [5.41, 5.74) is -2.62. The van der Waals surface area contributed by atoms with Crippen molar-refractivity contribution < 1.29 is 36.0 Å². The number of alkyl halides is 3. The zero-order chi connectivity index (χ0) is 32.1. The van der Waals surface area contributed by atoms with E-state index in [0.717, 1.165) is 34.0 Å². The van der Waals surface area contributed by atoms with E-state index >= 15 is 0 Å². The molecule has 2 amide bonds. The van der Waals surface area contributed by atoms with Crippen molar-refractivity contribution in [3.63, 3.8) is 0 Å². The Morgan fingerprint density at radius 2 is 1.67 bits per heavy atom. The number of rotatable bonds is 5. The first-order chi connectivity index (χ1) is 19.9. The molecule has 0 radical (unpaired) electrons. The van der Waals surface area contributed by atoms with E-state index in [9.17, 15) is 41.2 Å². The van der Waals surface area contributed by atoms with Crippen LogP contribution in [-0.2, 0) is 30.6 Å². The number of aromatic nitrogens is 2. The molecule has 224 valence electrons. The summed E-state index contributed by atoms with van der Waals surface area (Å²) < 4.78 is 70.9. The molecule has 0 spiro atoms. The van der Waals surface area contributed by atoms with Crippen LogP contribution in [0.1, 0.15) is 51.4 Å². The van der Waals surface area contributed by atoms with Crippen LogP contribution in [0.5, 0.6) is 0 Å². The van der Waals surface area contributed by atoms with Crippen LogP contribution in [0.2, 0.25) is 0 Å². The van der Waals surface area contributed by atoms with Crippen LogP contribution in [0, 0.1) is 22.7 Å². The van der Waals surface area contributed by atoms with Gasteiger partial charge >= 0.3 is 6.18 Å². The van der Waals surface area contributed by atoms with E-state index < -0.39 is 55.6 Å². The number of allylic oxidation sites excluding steroid dienone is 2. The van der Waals surface area contributed by atoms with Gasteiger partial charge < -0.3 is 0 Å². The number of ketones is 1. The quantitative estimate of drug-likeness (QED) is 0.415. The van der Waals surface area contributed by atoms with Crippen molar-refractivity contribution in [2.45, 2.75) is 45.7 Å². The molecule has 1 aliphatic heterocycles. The molecule has 0 saturated heterocycles. The minimum absolute atomic E-state index is 0.151. The number of Topliss-reactive ketones (excluding diaryl/α,β-unsaturated/α-hetero) is 1. The maximum atomic E-state index is 13.7. The smallest absolute Gasteiger partial charge is 0.293 e. The summed E-state index contributed by atoms with van der Waals surface area (Å²) in [7, 11) is -4.68. The molecule has 1 unspecified atom stereocenters. The van der Waals surface area contributed by atoms with Crippen molar-refractivity contribution >= 4 is 38.9 Å². The molecule has 0 bridgehead atoms. The molecule has 1 aliphatic rings. The van der Waals surface area contributed by atoms with Crippen molar-refractivity contribution in [2.24, 2.45) is 11.3 Å². The second-order valence-corrected chi connectivity index (χ2v) is 12.5. The molecule has 4 rings (SSSR count). The predicted octanol–water partition coefficient (Wildman–Crippen LogP) is 4.60. The Kier molecular flexibility index (Phi) is 7.84. The molecule has 1 N–H and O–H groups in total. The standard InChI is InChI=1S/C29H26F3N5O5S/c1-16-25(38)23(17(2)36(26(16)39)21-8-6-7-19(13-21)29(30,31)32)24-22(43(41,42)35-27(40)28(3,4)5)15-34-37(24)20-11-9-18(14-33)10-12-20/h6-13,15-16H,1-5H3,(H,35,40). The van der Waals surface area contributed by atoms with Crippen LogP contribution in [0.4, 0.5) is 18.9 Å². The molecule has 1 atom stereocenters. The third kappa shape index (κ3) is 5.80. The molecule has 1 aromatic heterocycles. The minimum atomic E-state index is -4.72. The Morgan fingerprint density at radius 3 is 2.23 bits per heavy atom. The molecule has 10 nitrogen and oxygen atoms in total. The molecule has 14 heteroatoms. The van der Waals surface area contributed by atoms with Gasteiger partial charge in [-0.3, -0.25) is 19.3 Å². The molecule has 43 heavy (non-hydrogen) atoms. The monoisotopic (exact) mass is 613 g/mol. The number of halogens is 3. The third-order valence-electron chi connectivity index (χ3n) is 6.77. The fourth-order valence-corrected chi connectivity index (χ4v) is 5.66. The second kappa shape index (κ2) is 10.8. The van der Waals surface area contributed by atoms with Gasteiger partial charge in [0.15, 0.2) is 5.78 Å². The molecule has 0 saturated carbocycles. The van der Waals surface area contributed by atoms with E-state index in [4.69, 9.17) is 0 Å². The number of sulfonamides is 1. The number of carbonyl (C=O) groups is 3. The van der Waals surface area contributed by atoms with E-state index in [1.54, 1.807) is 0 Å². The van der Waals surface area contributed by atoms with Crippen molar-refractivity contribution in [1.82, 2.24) is 14.5 Å². The van der Waals surface area contributed by atoms with Crippen LogP contribution in [0.15, 0.2) is 65.3 Å². The second-order valence-electron chi connectivity index (χ2n) is 10.9. The van der Waals surface area contributed by atoms with Crippen molar-refractivity contribution in [3.05, 3.63) is 77.2 Å². The van der Waals surface area contributed by atoms with E-state index in [2.05, 4.69) is 5.10 Å². The van der Waals surface area contributed by atoms with Gasteiger partial charge in [0.1, 0.15) is 10.6 Å². The van der Waals surface area contributed by atoms with Crippen molar-refractivity contribution in [1.29, 1.82) is 5.26 Å². The minimum Gasteiger partial charge on any atom is -0.293 e. The third-order valence-corrected chi connectivity index (χ3v) is 8.10. The lowest BCUT2D eigenvalue weighted by molar-refractivity contribution is -0.137. The maximum Gasteiger partial charge on any atom is 0.416 e. The lowest BCUT2D eigenvalue weighted by Crippen LogP contribution is -2.44. The van der Waals surface area contributed by atoms with Crippen LogP contribution in [-0.4, -0.2) is 35.8 Å². The Morgan fingerprint density at radius 1 is 1.05 bits per heavy atom. The molecule has 0 fully saturated rings. The number of hydrogen-bond acceptors (Lipinski definition) is 7. The number of nitrogens with one attached hydrogen (secondary N) is 1. The van der Waals surface area contributed by atoms with Gasteiger partial charge in [-0.25, -0.2) is 17.8 Å². The Labute approximate surface area is 245 Å². The zero-order valence-electron chi connectivity index (χ0n) is 23.6. The van der Waals surface area contributed by atoms with Crippen molar-refractivity contribution in [2.75, 3.05) is 4.90 Å². The average Bonchev–Trinajstić information content (AvgIpc) is 3.37. The summed E-state index contributed by atoms with van der Waals surface area (Å²) in [5.74, 6) is -3.89. The average molecular weight is 614 g/mol. The van der Waals surface area contributed by atoms with Crippen LogP contribution in [0.25, 0.3) is 11.3 Å². The fourth-order valence-electron chi connectivity index (χ4n) is 4.37. The van der Waals surface area contributed by atoms with Gasteiger partial charge in [0.2, 0.25) is 11.8 Å². The van der Waals surface area contributed by atoms with Gasteiger partial charge in [-0.05, 0) is 56.3 Å². The summed E-state index contributed by atoms with van der Waals surface area (Å²) in [6, 6.07) is 11.7. The van der Waals surface area contributed by atoms with Crippen molar-refractivity contribution in [3.8, 4) is 11.8 Å². The first-order valence-electron chi connectivity index (χ1n) is 12.8. The van der Waals surface area contributed by atoms with Crippen LogP contribution in [0.3, 0.4) is 0 Å². The predicted molar refractivity (Wildman–Crippen MR) is 149 cm³/mol. The number of amides is 2. The van der Waals surface area contributed by atoms with E-state index in [0.29, 0.717) is 0 Å². The molecular weight excluding hydrogens is 587 g/mol. The zero-order valence-corrected chi connectivity index (χ0v) is 24.5. The molecule has 0 aliphatic carbocycles. The van der Waals surface area contributed by atoms with Gasteiger partial charge in [-0.1, -0.05) is 26.8 Å².